The second-order valence-electron chi connectivity index (χ2n) is 3.60. The number of rotatable bonds is 2. The summed E-state index contributed by atoms with van der Waals surface area (Å²) in [7, 11) is 0. The van der Waals surface area contributed by atoms with Crippen molar-refractivity contribution in [3.05, 3.63) is 57.5 Å². The Hall–Kier alpha value is -2.58. The summed E-state index contributed by atoms with van der Waals surface area (Å²) >= 11 is 0. The van der Waals surface area contributed by atoms with Crippen LogP contribution < -0.4 is 0 Å². The van der Waals surface area contributed by atoms with Crippen LogP contribution in [0.5, 0.6) is 0 Å². The van der Waals surface area contributed by atoms with Gasteiger partial charge in [0.1, 0.15) is 6.20 Å². The molecular weight excluding hydrogens is 287 g/mol. The van der Waals surface area contributed by atoms with Crippen LogP contribution in [0.25, 0.3) is 11.3 Å². The van der Waals surface area contributed by atoms with Gasteiger partial charge in [-0.2, -0.15) is 0 Å². The van der Waals surface area contributed by atoms with Crippen molar-refractivity contribution in [3.63, 3.8) is 0 Å². The lowest BCUT2D eigenvalue weighted by Gasteiger charge is -2.07. The van der Waals surface area contributed by atoms with Gasteiger partial charge in [0, 0.05) is 6.07 Å². The van der Waals surface area contributed by atoms with Crippen LogP contribution in [0.3, 0.4) is 0 Å². The van der Waals surface area contributed by atoms with Crippen LogP contribution in [0.15, 0.2) is 18.3 Å². The molecule has 4 nitrogen and oxygen atoms in total. The Bertz CT molecular complexity index is 674. The van der Waals surface area contributed by atoms with E-state index in [-0.39, 0.29) is 0 Å². The van der Waals surface area contributed by atoms with Crippen molar-refractivity contribution in [2.24, 2.45) is 0 Å². The van der Waals surface area contributed by atoms with E-state index in [2.05, 4.69) is 4.98 Å². The van der Waals surface area contributed by atoms with Gasteiger partial charge in [-0.3, -0.25) is 10.1 Å². The zero-order chi connectivity index (χ0) is 15.0. The molecule has 0 aliphatic rings. The van der Waals surface area contributed by atoms with Gasteiger partial charge in [0.2, 0.25) is 5.82 Å². The molecule has 0 aliphatic carbocycles. The molecule has 2 aromatic rings. The standard InChI is InChI=1S/C11H3F5N2O2/c12-7-6(8(13)10(15)11(16)9(7)14)5-2-1-4(3-17-5)18(19)20/h1-3H. The monoisotopic (exact) mass is 290 g/mol. The van der Waals surface area contributed by atoms with Crippen LogP contribution in [0.2, 0.25) is 0 Å². The zero-order valence-corrected chi connectivity index (χ0v) is 9.33. The number of nitrogens with zero attached hydrogens (tertiary/aromatic N) is 2. The molecule has 0 aliphatic heterocycles. The minimum atomic E-state index is -2.29. The quantitative estimate of drug-likeness (QED) is 0.280. The minimum Gasteiger partial charge on any atom is -0.258 e. The molecule has 104 valence electrons. The number of halogens is 5. The first-order chi connectivity index (χ1) is 9.34. The summed E-state index contributed by atoms with van der Waals surface area (Å²) in [5.41, 5.74) is -2.34. The number of benzene rings is 1. The average Bonchev–Trinajstić information content (AvgIpc) is 2.44. The van der Waals surface area contributed by atoms with Gasteiger partial charge >= 0.3 is 0 Å². The predicted molar refractivity (Wildman–Crippen MR) is 56.1 cm³/mol. The summed E-state index contributed by atoms with van der Waals surface area (Å²) in [5, 5.41) is 10.4. The lowest BCUT2D eigenvalue weighted by molar-refractivity contribution is -0.385. The van der Waals surface area contributed by atoms with E-state index in [1.54, 1.807) is 0 Å². The normalized spacial score (nSPS) is 10.7. The van der Waals surface area contributed by atoms with Crippen molar-refractivity contribution in [3.8, 4) is 11.3 Å². The number of aromatic nitrogens is 1. The third-order valence-corrected chi connectivity index (χ3v) is 2.42. The third kappa shape index (κ3) is 2.06. The molecule has 1 aromatic carbocycles. The second-order valence-corrected chi connectivity index (χ2v) is 3.60. The largest absolute Gasteiger partial charge is 0.287 e. The lowest BCUT2D eigenvalue weighted by atomic mass is 10.1. The van der Waals surface area contributed by atoms with E-state index in [0.717, 1.165) is 12.1 Å². The van der Waals surface area contributed by atoms with Crippen molar-refractivity contribution in [2.75, 3.05) is 0 Å². The molecule has 0 saturated carbocycles. The van der Waals surface area contributed by atoms with Crippen LogP contribution in [0.1, 0.15) is 0 Å². The van der Waals surface area contributed by atoms with Crippen molar-refractivity contribution >= 4 is 5.69 Å². The van der Waals surface area contributed by atoms with Crippen LogP contribution >= 0.6 is 0 Å². The number of nitro groups is 1. The third-order valence-electron chi connectivity index (χ3n) is 2.42. The highest BCUT2D eigenvalue weighted by Gasteiger charge is 2.27. The highest BCUT2D eigenvalue weighted by atomic mass is 19.2. The molecule has 20 heavy (non-hydrogen) atoms. The Morgan fingerprint density at radius 3 is 1.80 bits per heavy atom. The van der Waals surface area contributed by atoms with E-state index in [1.165, 1.54) is 0 Å². The summed E-state index contributed by atoms with van der Waals surface area (Å²) < 4.78 is 65.7. The first-order valence-corrected chi connectivity index (χ1v) is 4.96. The molecule has 0 saturated heterocycles. The fourth-order valence-electron chi connectivity index (χ4n) is 1.47. The van der Waals surface area contributed by atoms with E-state index in [4.69, 9.17) is 0 Å². The summed E-state index contributed by atoms with van der Waals surface area (Å²) in [4.78, 5) is 12.9. The summed E-state index contributed by atoms with van der Waals surface area (Å²) in [5.74, 6) is -10.6. The van der Waals surface area contributed by atoms with E-state index >= 15 is 0 Å². The smallest absolute Gasteiger partial charge is 0.258 e. The lowest BCUT2D eigenvalue weighted by Crippen LogP contribution is -2.05. The molecular formula is C11H3F5N2O2. The maximum Gasteiger partial charge on any atom is 0.287 e. The first kappa shape index (κ1) is 13.8. The van der Waals surface area contributed by atoms with Crippen LogP contribution in [0, 0.1) is 39.2 Å². The van der Waals surface area contributed by atoms with E-state index in [1.807, 2.05) is 0 Å². The average molecular weight is 290 g/mol. The van der Waals surface area contributed by atoms with Gasteiger partial charge in [-0.05, 0) is 6.07 Å². The minimum absolute atomic E-state index is 0.488. The summed E-state index contributed by atoms with van der Waals surface area (Å²) in [6, 6.07) is 1.62. The topological polar surface area (TPSA) is 56.0 Å². The number of pyridine rings is 1. The molecule has 0 atom stereocenters. The van der Waals surface area contributed by atoms with E-state index in [9.17, 15) is 32.1 Å². The summed E-state index contributed by atoms with van der Waals surface area (Å²) in [6.07, 6.45) is 0.646. The van der Waals surface area contributed by atoms with Crippen LogP contribution in [-0.2, 0) is 0 Å². The van der Waals surface area contributed by atoms with Crippen molar-refractivity contribution in [1.82, 2.24) is 4.98 Å². The van der Waals surface area contributed by atoms with Crippen molar-refractivity contribution in [2.45, 2.75) is 0 Å². The molecule has 0 bridgehead atoms. The maximum atomic E-state index is 13.5. The van der Waals surface area contributed by atoms with Crippen LogP contribution in [0.4, 0.5) is 27.6 Å². The Balaban J connectivity index is 2.67. The van der Waals surface area contributed by atoms with Gasteiger partial charge < -0.3 is 0 Å². The van der Waals surface area contributed by atoms with Gasteiger partial charge in [-0.15, -0.1) is 0 Å². The summed E-state index contributed by atoms with van der Waals surface area (Å²) in [6.45, 7) is 0. The second kappa shape index (κ2) is 4.83. The first-order valence-electron chi connectivity index (χ1n) is 4.96. The Morgan fingerprint density at radius 2 is 1.40 bits per heavy atom. The molecule has 1 aromatic heterocycles. The molecule has 0 amide bonds. The highest BCUT2D eigenvalue weighted by Crippen LogP contribution is 2.30. The van der Waals surface area contributed by atoms with Crippen molar-refractivity contribution in [1.29, 1.82) is 0 Å². The van der Waals surface area contributed by atoms with Crippen LogP contribution in [-0.4, -0.2) is 9.91 Å². The molecule has 9 heteroatoms. The molecule has 0 spiro atoms. The zero-order valence-electron chi connectivity index (χ0n) is 9.33. The van der Waals surface area contributed by atoms with Gasteiger partial charge in [0.25, 0.3) is 5.69 Å². The number of hydrogen-bond acceptors (Lipinski definition) is 3. The van der Waals surface area contributed by atoms with E-state index in [0.29, 0.717) is 6.20 Å². The fraction of sp³-hybridized carbons (Fsp3) is 0. The Morgan fingerprint density at radius 1 is 0.900 bits per heavy atom. The van der Waals surface area contributed by atoms with Gasteiger partial charge in [-0.1, -0.05) is 0 Å². The SMILES string of the molecule is O=[N+]([O-])c1ccc(-c2c(F)c(F)c(F)c(F)c2F)nc1. The fourth-order valence-corrected chi connectivity index (χ4v) is 1.47. The molecule has 0 N–H and O–H groups in total. The number of hydrogen-bond donors (Lipinski definition) is 0. The van der Waals surface area contributed by atoms with Gasteiger partial charge in [0.15, 0.2) is 23.3 Å². The van der Waals surface area contributed by atoms with Crippen molar-refractivity contribution < 1.29 is 26.9 Å². The molecule has 0 fully saturated rings. The Labute approximate surface area is 107 Å². The van der Waals surface area contributed by atoms with Gasteiger partial charge in [0.05, 0.1) is 16.2 Å². The molecule has 2 rings (SSSR count). The highest BCUT2D eigenvalue weighted by molar-refractivity contribution is 5.62. The van der Waals surface area contributed by atoms with E-state index < -0.39 is 51.0 Å². The molecule has 1 heterocycles. The van der Waals surface area contributed by atoms with Gasteiger partial charge in [-0.25, -0.2) is 26.9 Å². The molecule has 0 unspecified atom stereocenters. The molecule has 0 radical (unpaired) electrons. The maximum absolute atomic E-state index is 13.5. The predicted octanol–water partition coefficient (Wildman–Crippen LogP) is 3.35. The Kier molecular flexibility index (Phi) is 3.35.